The first-order chi connectivity index (χ1) is 7.74. The van der Waals surface area contributed by atoms with Gasteiger partial charge in [-0.2, -0.15) is 0 Å². The van der Waals surface area contributed by atoms with Gasteiger partial charge in [-0.25, -0.2) is 4.98 Å². The molecular formula is C11H15ClN2OS. The van der Waals surface area contributed by atoms with E-state index >= 15 is 0 Å². The third-order valence-corrected chi connectivity index (χ3v) is 4.50. The number of hydrogen-bond donors (Lipinski definition) is 0. The number of hydrogen-bond acceptors (Lipinski definition) is 4. The number of nitrogens with zero attached hydrogens (tertiary/aromatic N) is 2. The molecule has 2 rings (SSSR count). The highest BCUT2D eigenvalue weighted by Crippen LogP contribution is 2.32. The van der Waals surface area contributed by atoms with Gasteiger partial charge in [-0.3, -0.25) is 4.79 Å². The van der Waals surface area contributed by atoms with Gasteiger partial charge in [0.25, 0.3) is 0 Å². The summed E-state index contributed by atoms with van der Waals surface area (Å²) in [6.45, 7) is 4.06. The molecule has 88 valence electrons. The first-order valence-electron chi connectivity index (χ1n) is 5.61. The molecule has 1 fully saturated rings. The Labute approximate surface area is 104 Å². The van der Waals surface area contributed by atoms with Crippen LogP contribution >= 0.6 is 22.9 Å². The van der Waals surface area contributed by atoms with E-state index in [0.717, 1.165) is 30.4 Å². The number of carbonyl (C=O) groups excluding carboxylic acids is 1. The minimum atomic E-state index is 0.335. The second-order valence-corrected chi connectivity index (χ2v) is 5.47. The van der Waals surface area contributed by atoms with Gasteiger partial charge < -0.3 is 4.90 Å². The van der Waals surface area contributed by atoms with Crippen molar-refractivity contribution in [1.82, 2.24) is 4.98 Å². The van der Waals surface area contributed by atoms with Crippen LogP contribution in [-0.4, -0.2) is 24.4 Å². The second kappa shape index (κ2) is 5.15. The molecule has 0 radical (unpaired) electrons. The third-order valence-electron chi connectivity index (χ3n) is 3.06. The van der Waals surface area contributed by atoms with E-state index in [4.69, 9.17) is 11.6 Å². The summed E-state index contributed by atoms with van der Waals surface area (Å²) in [7, 11) is 0. The minimum Gasteiger partial charge on any atom is -0.348 e. The first-order valence-corrected chi connectivity index (χ1v) is 6.80. The molecule has 16 heavy (non-hydrogen) atoms. The van der Waals surface area contributed by atoms with Crippen LogP contribution in [0.4, 0.5) is 5.13 Å². The maximum Gasteiger partial charge on any atom is 0.187 e. The molecule has 1 saturated carbocycles. The van der Waals surface area contributed by atoms with E-state index in [1.807, 2.05) is 0 Å². The molecule has 5 heteroatoms. The molecule has 1 aliphatic carbocycles. The summed E-state index contributed by atoms with van der Waals surface area (Å²) in [5.74, 6) is 0.794. The van der Waals surface area contributed by atoms with E-state index in [1.54, 1.807) is 0 Å². The molecule has 0 bridgehead atoms. The number of carbonyl (C=O) groups is 1. The maximum atomic E-state index is 10.7. The molecular weight excluding hydrogens is 244 g/mol. The highest BCUT2D eigenvalue weighted by atomic mass is 35.5. The molecule has 1 aliphatic rings. The van der Waals surface area contributed by atoms with Gasteiger partial charge in [0.1, 0.15) is 4.88 Å². The van der Waals surface area contributed by atoms with Crippen molar-refractivity contribution < 1.29 is 4.79 Å². The first kappa shape index (κ1) is 11.9. The van der Waals surface area contributed by atoms with Crippen molar-refractivity contribution in [3.63, 3.8) is 0 Å². The second-order valence-electron chi connectivity index (χ2n) is 4.10. The number of thiazole rings is 1. The Balaban J connectivity index is 2.08. The summed E-state index contributed by atoms with van der Waals surface area (Å²) in [5, 5.41) is 1.21. The molecule has 0 aromatic carbocycles. The van der Waals surface area contributed by atoms with Crippen molar-refractivity contribution in [3.05, 3.63) is 10.0 Å². The van der Waals surface area contributed by atoms with Gasteiger partial charge in [0.15, 0.2) is 16.6 Å². The fraction of sp³-hybridized carbons (Fsp3) is 0.636. The summed E-state index contributed by atoms with van der Waals surface area (Å²) in [6.07, 6.45) is 4.76. The van der Waals surface area contributed by atoms with Gasteiger partial charge in [0.2, 0.25) is 0 Å². The SMILES string of the molecule is CCN(CC1CCC1)c1nc(Cl)c(C=O)s1. The molecule has 3 nitrogen and oxygen atoms in total. The van der Waals surface area contributed by atoms with Crippen LogP contribution < -0.4 is 4.90 Å². The third kappa shape index (κ3) is 2.38. The van der Waals surface area contributed by atoms with Crippen molar-refractivity contribution in [2.75, 3.05) is 18.0 Å². The largest absolute Gasteiger partial charge is 0.348 e. The predicted octanol–water partition coefficient (Wildman–Crippen LogP) is 3.24. The van der Waals surface area contributed by atoms with Crippen LogP contribution in [0.25, 0.3) is 0 Å². The number of aldehydes is 1. The lowest BCUT2D eigenvalue weighted by Gasteiger charge is -2.31. The van der Waals surface area contributed by atoms with Gasteiger partial charge in [0.05, 0.1) is 0 Å². The van der Waals surface area contributed by atoms with Crippen molar-refractivity contribution in [2.24, 2.45) is 5.92 Å². The molecule has 0 amide bonds. The van der Waals surface area contributed by atoms with E-state index < -0.39 is 0 Å². The fourth-order valence-corrected chi connectivity index (χ4v) is 2.97. The van der Waals surface area contributed by atoms with Gasteiger partial charge in [-0.05, 0) is 25.7 Å². The zero-order valence-electron chi connectivity index (χ0n) is 9.28. The van der Waals surface area contributed by atoms with Crippen LogP contribution in [0, 0.1) is 5.92 Å². The Bertz CT molecular complexity index is 376. The van der Waals surface area contributed by atoms with Crippen LogP contribution in [0.5, 0.6) is 0 Å². The van der Waals surface area contributed by atoms with Gasteiger partial charge in [-0.1, -0.05) is 29.4 Å². The van der Waals surface area contributed by atoms with E-state index in [1.165, 1.54) is 30.6 Å². The van der Waals surface area contributed by atoms with Crippen LogP contribution in [0.2, 0.25) is 5.15 Å². The van der Waals surface area contributed by atoms with Crippen LogP contribution in [0.1, 0.15) is 35.9 Å². The molecule has 0 atom stereocenters. The number of aromatic nitrogens is 1. The molecule has 1 aromatic rings. The quantitative estimate of drug-likeness (QED) is 0.761. The lowest BCUT2D eigenvalue weighted by Crippen LogP contribution is -2.32. The lowest BCUT2D eigenvalue weighted by molar-refractivity contribution is 0.112. The summed E-state index contributed by atoms with van der Waals surface area (Å²) >= 11 is 7.26. The van der Waals surface area contributed by atoms with Crippen molar-refractivity contribution in [3.8, 4) is 0 Å². The van der Waals surface area contributed by atoms with Crippen LogP contribution in [0.15, 0.2) is 0 Å². The standard InChI is InChI=1S/C11H15ClN2OS/c1-2-14(6-8-4-3-5-8)11-13-10(12)9(7-15)16-11/h7-8H,2-6H2,1H3. The van der Waals surface area contributed by atoms with Crippen LogP contribution in [0.3, 0.4) is 0 Å². The molecule has 1 aromatic heterocycles. The Morgan fingerprint density at radius 3 is 2.81 bits per heavy atom. The van der Waals surface area contributed by atoms with Crippen molar-refractivity contribution in [2.45, 2.75) is 26.2 Å². The number of rotatable bonds is 5. The Morgan fingerprint density at radius 1 is 1.62 bits per heavy atom. The average molecular weight is 259 g/mol. The molecule has 0 spiro atoms. The zero-order chi connectivity index (χ0) is 11.5. The average Bonchev–Trinajstić information content (AvgIpc) is 2.58. The zero-order valence-corrected chi connectivity index (χ0v) is 10.9. The number of anilines is 1. The molecule has 0 saturated heterocycles. The van der Waals surface area contributed by atoms with Crippen LogP contribution in [-0.2, 0) is 0 Å². The fourth-order valence-electron chi connectivity index (χ4n) is 1.84. The van der Waals surface area contributed by atoms with Gasteiger partial charge in [0, 0.05) is 13.1 Å². The molecule has 0 aliphatic heterocycles. The monoisotopic (exact) mass is 258 g/mol. The smallest absolute Gasteiger partial charge is 0.187 e. The van der Waals surface area contributed by atoms with Gasteiger partial charge >= 0.3 is 0 Å². The van der Waals surface area contributed by atoms with Crippen molar-refractivity contribution >= 4 is 34.4 Å². The molecule has 1 heterocycles. The summed E-state index contributed by atoms with van der Waals surface area (Å²) in [5.41, 5.74) is 0. The summed E-state index contributed by atoms with van der Waals surface area (Å²) in [6, 6.07) is 0. The van der Waals surface area contributed by atoms with Gasteiger partial charge in [-0.15, -0.1) is 0 Å². The van der Waals surface area contributed by atoms with E-state index in [-0.39, 0.29) is 0 Å². The minimum absolute atomic E-state index is 0.335. The Hall–Kier alpha value is -0.610. The summed E-state index contributed by atoms with van der Waals surface area (Å²) < 4.78 is 0. The van der Waals surface area contributed by atoms with Crippen molar-refractivity contribution in [1.29, 1.82) is 0 Å². The highest BCUT2D eigenvalue weighted by Gasteiger charge is 2.22. The Morgan fingerprint density at radius 2 is 2.38 bits per heavy atom. The summed E-state index contributed by atoms with van der Waals surface area (Å²) in [4.78, 5) is 17.7. The highest BCUT2D eigenvalue weighted by molar-refractivity contribution is 7.17. The van der Waals surface area contributed by atoms with E-state index in [9.17, 15) is 4.79 Å². The van der Waals surface area contributed by atoms with E-state index in [0.29, 0.717) is 10.0 Å². The topological polar surface area (TPSA) is 33.2 Å². The predicted molar refractivity (Wildman–Crippen MR) is 67.7 cm³/mol. The maximum absolute atomic E-state index is 10.7. The van der Waals surface area contributed by atoms with E-state index in [2.05, 4.69) is 16.8 Å². The molecule has 0 unspecified atom stereocenters. The lowest BCUT2D eigenvalue weighted by atomic mass is 9.85. The Kier molecular flexibility index (Phi) is 3.82. The normalized spacial score (nSPS) is 15.9. The number of halogens is 1. The molecule has 0 N–H and O–H groups in total.